The Balaban J connectivity index is 0.891. The molecule has 5 heteroatoms. The van der Waals surface area contributed by atoms with Gasteiger partial charge >= 0.3 is 0 Å². The summed E-state index contributed by atoms with van der Waals surface area (Å²) in [5.41, 5.74) is 37.3. The van der Waals surface area contributed by atoms with Gasteiger partial charge in [0.2, 0.25) is 0 Å². The molecule has 0 aromatic heterocycles. The fourth-order valence-electron chi connectivity index (χ4n) is 19.3. The first-order chi connectivity index (χ1) is 61.7. The maximum atomic E-state index is 2.75. The van der Waals surface area contributed by atoms with Gasteiger partial charge in [0.05, 0.1) is 11.4 Å². The molecule has 20 aromatic carbocycles. The minimum atomic E-state index is -0.417. The summed E-state index contributed by atoms with van der Waals surface area (Å²) >= 11 is 0. The van der Waals surface area contributed by atoms with Crippen molar-refractivity contribution in [2.75, 3.05) is 19.6 Å². The Morgan fingerprint density at radius 1 is 0.200 bits per heavy atom. The lowest BCUT2D eigenvalue weighted by Gasteiger charge is -2.47. The van der Waals surface area contributed by atoms with Gasteiger partial charge in [0, 0.05) is 79.1 Å². The summed E-state index contributed by atoms with van der Waals surface area (Å²) in [6.45, 7) is 6.84. The molecular weight excluding hydrogens is 1510 g/mol. The Kier molecular flexibility index (Phi) is 19.3. The van der Waals surface area contributed by atoms with E-state index >= 15 is 0 Å². The lowest BCUT2D eigenvalue weighted by molar-refractivity contribution is 0.590. The van der Waals surface area contributed by atoms with E-state index in [0.29, 0.717) is 0 Å². The molecule has 0 radical (unpaired) electrons. The van der Waals surface area contributed by atoms with Crippen molar-refractivity contribution in [2.24, 2.45) is 0 Å². The highest BCUT2D eigenvalue weighted by atomic mass is 15.2. The highest BCUT2D eigenvalue weighted by Gasteiger charge is 2.47. The number of rotatable bonds is 17. The molecule has 0 unspecified atom stereocenters. The van der Waals surface area contributed by atoms with Gasteiger partial charge in [-0.1, -0.05) is 391 Å². The lowest BCUT2D eigenvalue weighted by atomic mass is 9.33. The van der Waals surface area contributed by atoms with E-state index in [9.17, 15) is 0 Å². The van der Waals surface area contributed by atoms with Gasteiger partial charge < -0.3 is 19.6 Å². The quantitative estimate of drug-likeness (QED) is 0.0665. The van der Waals surface area contributed by atoms with Crippen LogP contribution in [0.15, 0.2) is 473 Å². The molecule has 125 heavy (non-hydrogen) atoms. The summed E-state index contributed by atoms with van der Waals surface area (Å²) in [5, 5.41) is 4.75. The third-order valence-electron chi connectivity index (χ3n) is 25.3. The Morgan fingerprint density at radius 2 is 0.520 bits per heavy atom. The molecule has 0 aliphatic carbocycles. The van der Waals surface area contributed by atoms with Gasteiger partial charge in [-0.05, 0) is 230 Å². The largest absolute Gasteiger partial charge is 0.310 e. The van der Waals surface area contributed by atoms with Gasteiger partial charge in [-0.25, -0.2) is 0 Å². The topological polar surface area (TPSA) is 13.0 Å². The van der Waals surface area contributed by atoms with Gasteiger partial charge in [0.15, 0.2) is 0 Å². The molecule has 0 atom stereocenters. The average molecular weight is 1600 g/mol. The Bertz CT molecular complexity index is 7350. The number of para-hydroxylation sites is 1. The highest BCUT2D eigenvalue weighted by Crippen LogP contribution is 2.57. The van der Waals surface area contributed by atoms with Crippen LogP contribution < -0.4 is 36.0 Å². The van der Waals surface area contributed by atoms with E-state index in [1.165, 1.54) is 49.1 Å². The summed E-state index contributed by atoms with van der Waals surface area (Å²) in [7, 11) is 0. The Hall–Kier alpha value is -15.8. The summed E-state index contributed by atoms with van der Waals surface area (Å²) in [6, 6.07) is 177. The van der Waals surface area contributed by atoms with E-state index in [4.69, 9.17) is 0 Å². The second kappa shape index (κ2) is 32.0. The standard InChI is InChI=1S/C120H87BN4/c1-120(2,3)96-78-115-117-116(79-96)125(119-108(91-49-26-11-27-50-91)76-95(86-43-20-8-21-44-86)77-110(119)109-75-94-51-28-29-56-103(94)106-57-30-31-58-107(106)109)114-81-102(123(98-67-63-88(64-68-98)83-37-14-5-15-38-83)100-55-33-53-93(74-100)85-41-18-7-19-42-85)70-72-112(114)121(117)111-71-69-101(80-113(111)124(115)118-104(89-45-22-9-23-46-89)59-34-60-105(118)90-47-24-10-25-48-90)122(97-65-61-87(62-66-97)82-35-12-4-13-36-82)99-54-32-52-92(73-99)84-39-16-6-17-40-84/h4-81H,1-3H3. The average Bonchev–Trinajstić information content (AvgIpc) is 0.684. The van der Waals surface area contributed by atoms with E-state index < -0.39 is 5.41 Å². The molecule has 0 saturated heterocycles. The smallest absolute Gasteiger partial charge is 0.252 e. The number of hydrogen-bond donors (Lipinski definition) is 0. The highest BCUT2D eigenvalue weighted by molar-refractivity contribution is 7.00. The summed E-state index contributed by atoms with van der Waals surface area (Å²) in [4.78, 5) is 10.4. The van der Waals surface area contributed by atoms with Crippen LogP contribution in [0.3, 0.4) is 0 Å². The van der Waals surface area contributed by atoms with Crippen LogP contribution in [0, 0.1) is 0 Å². The van der Waals surface area contributed by atoms with Crippen LogP contribution >= 0.6 is 0 Å². The maximum absolute atomic E-state index is 2.75. The van der Waals surface area contributed by atoms with E-state index in [1.54, 1.807) is 0 Å². The molecule has 20 aromatic rings. The molecule has 0 spiro atoms. The molecule has 0 fully saturated rings. The van der Waals surface area contributed by atoms with Gasteiger partial charge in [-0.3, -0.25) is 0 Å². The van der Waals surface area contributed by atoms with Crippen LogP contribution in [0.2, 0.25) is 0 Å². The second-order valence-corrected chi connectivity index (χ2v) is 33.9. The van der Waals surface area contributed by atoms with Crippen LogP contribution in [0.25, 0.3) is 122 Å². The number of fused-ring (bicyclic) bond motifs is 7. The third kappa shape index (κ3) is 13.9. The zero-order valence-electron chi connectivity index (χ0n) is 69.9. The molecule has 22 rings (SSSR count). The van der Waals surface area contributed by atoms with E-state index in [0.717, 1.165) is 163 Å². The molecule has 0 amide bonds. The number of benzene rings is 20. The summed E-state index contributed by atoms with van der Waals surface area (Å²) in [6.07, 6.45) is 0. The first kappa shape index (κ1) is 75.4. The van der Waals surface area contributed by atoms with Crippen molar-refractivity contribution in [1.29, 1.82) is 0 Å². The third-order valence-corrected chi connectivity index (χ3v) is 25.3. The molecule has 2 heterocycles. The van der Waals surface area contributed by atoms with Crippen molar-refractivity contribution in [3.05, 3.63) is 479 Å². The fourth-order valence-corrected chi connectivity index (χ4v) is 19.3. The minimum absolute atomic E-state index is 0.354. The zero-order valence-corrected chi connectivity index (χ0v) is 69.9. The first-order valence-corrected chi connectivity index (χ1v) is 43.4. The SMILES string of the molecule is CC(C)(C)c1cc2c3c(c1)N(c1c(-c4ccccc4)cc(-c4ccccc4)cc1-c1cc4ccccc4c4ccccc14)c1cc(N(c4ccc(-c5ccccc5)cc4)c4cccc(-c5ccccc5)c4)ccc1B3c1ccc(N(c3ccc(-c4ccccc4)cc3)c3cccc(-c4ccccc4)c3)cc1N2c1c(-c2ccccc2)cccc1-c1ccccc1. The minimum Gasteiger partial charge on any atom is -0.310 e. The normalized spacial score (nSPS) is 12.1. The Labute approximate surface area is 732 Å². The molecule has 2 aliphatic rings. The fraction of sp³-hybridized carbons (Fsp3) is 0.0333. The van der Waals surface area contributed by atoms with Crippen molar-refractivity contribution < 1.29 is 0 Å². The molecule has 0 saturated carbocycles. The van der Waals surface area contributed by atoms with E-state index in [1.807, 2.05) is 0 Å². The Morgan fingerprint density at radius 3 is 0.952 bits per heavy atom. The molecule has 0 N–H and O–H groups in total. The maximum Gasteiger partial charge on any atom is 0.252 e. The predicted octanol–water partition coefficient (Wildman–Crippen LogP) is 31.3. The number of nitrogens with zero attached hydrogens (tertiary/aromatic N) is 4. The van der Waals surface area contributed by atoms with Crippen molar-refractivity contribution in [2.45, 2.75) is 26.2 Å². The van der Waals surface area contributed by atoms with E-state index in [2.05, 4.69) is 514 Å². The van der Waals surface area contributed by atoms with Gasteiger partial charge in [0.1, 0.15) is 0 Å². The second-order valence-electron chi connectivity index (χ2n) is 33.9. The predicted molar refractivity (Wildman–Crippen MR) is 532 cm³/mol. The molecule has 4 nitrogen and oxygen atoms in total. The van der Waals surface area contributed by atoms with Crippen LogP contribution in [0.1, 0.15) is 26.3 Å². The van der Waals surface area contributed by atoms with E-state index in [-0.39, 0.29) is 6.71 Å². The van der Waals surface area contributed by atoms with Crippen LogP contribution in [0.5, 0.6) is 0 Å². The lowest BCUT2D eigenvalue weighted by Crippen LogP contribution is -2.61. The summed E-state index contributed by atoms with van der Waals surface area (Å²) < 4.78 is 0. The van der Waals surface area contributed by atoms with Crippen molar-refractivity contribution in [1.82, 2.24) is 0 Å². The van der Waals surface area contributed by atoms with Crippen LogP contribution in [-0.2, 0) is 5.41 Å². The van der Waals surface area contributed by atoms with Gasteiger partial charge in [-0.15, -0.1) is 0 Å². The van der Waals surface area contributed by atoms with Crippen molar-refractivity contribution in [3.63, 3.8) is 0 Å². The van der Waals surface area contributed by atoms with Gasteiger partial charge in [0.25, 0.3) is 6.71 Å². The molecule has 590 valence electrons. The zero-order chi connectivity index (χ0) is 83.5. The molecular formula is C120H87BN4. The van der Waals surface area contributed by atoms with Crippen molar-refractivity contribution in [3.8, 4) is 100 Å². The number of hydrogen-bond acceptors (Lipinski definition) is 4. The molecule has 0 bridgehead atoms. The van der Waals surface area contributed by atoms with Crippen molar-refractivity contribution >= 4 is 113 Å². The monoisotopic (exact) mass is 1590 g/mol. The van der Waals surface area contributed by atoms with Crippen LogP contribution in [-0.4, -0.2) is 6.71 Å². The molecule has 2 aliphatic heterocycles. The summed E-state index contributed by atoms with van der Waals surface area (Å²) in [5.74, 6) is 0. The van der Waals surface area contributed by atoms with Crippen LogP contribution in [0.4, 0.5) is 68.2 Å². The van der Waals surface area contributed by atoms with Gasteiger partial charge in [-0.2, -0.15) is 0 Å². The first-order valence-electron chi connectivity index (χ1n) is 43.4. The number of anilines is 12.